The number of hydrogen-bond donors (Lipinski definition) is 3. The highest BCUT2D eigenvalue weighted by Gasteiger charge is 2.18. The Morgan fingerprint density at radius 2 is 1.67 bits per heavy atom. The molecule has 3 nitrogen and oxygen atoms in total. The Hall–Kier alpha value is -0.770. The van der Waals surface area contributed by atoms with E-state index in [9.17, 15) is 15.3 Å². The minimum atomic E-state index is -1.01. The predicted octanol–water partition coefficient (Wildman–Crippen LogP) is 1.64. The van der Waals surface area contributed by atoms with Gasteiger partial charge in [-0.3, -0.25) is 0 Å². The van der Waals surface area contributed by atoms with Crippen LogP contribution in [0.1, 0.15) is 22.8 Å². The van der Waals surface area contributed by atoms with Crippen LogP contribution in [-0.2, 0) is 0 Å². The largest absolute Gasteiger partial charge is 0.507 e. The molecule has 2 unspecified atom stereocenters. The van der Waals surface area contributed by atoms with Gasteiger partial charge in [0, 0.05) is 0 Å². The third kappa shape index (κ3) is 2.62. The highest BCUT2D eigenvalue weighted by Crippen LogP contribution is 2.27. The van der Waals surface area contributed by atoms with Crippen LogP contribution in [0.25, 0.3) is 0 Å². The first-order valence-corrected chi connectivity index (χ1v) is 5.23. The van der Waals surface area contributed by atoms with E-state index in [1.165, 1.54) is 0 Å². The van der Waals surface area contributed by atoms with Gasteiger partial charge in [0.1, 0.15) is 11.9 Å². The monoisotopic (exact) mass is 230 g/mol. The summed E-state index contributed by atoms with van der Waals surface area (Å²) in [7, 11) is 0. The summed E-state index contributed by atoms with van der Waals surface area (Å²) in [5.41, 5.74) is 1.91. The van der Waals surface area contributed by atoms with Gasteiger partial charge in [-0.15, -0.1) is 11.6 Å². The Bertz CT molecular complexity index is 329. The summed E-state index contributed by atoms with van der Waals surface area (Å²) < 4.78 is 0. The lowest BCUT2D eigenvalue weighted by atomic mass is 9.99. The molecule has 0 spiro atoms. The molecule has 84 valence electrons. The average Bonchev–Trinajstić information content (AvgIpc) is 2.23. The van der Waals surface area contributed by atoms with Crippen molar-refractivity contribution >= 4 is 11.6 Å². The lowest BCUT2D eigenvalue weighted by molar-refractivity contribution is 0.0326. The summed E-state index contributed by atoms with van der Waals surface area (Å²) in [4.78, 5) is 0. The first kappa shape index (κ1) is 12.3. The van der Waals surface area contributed by atoms with Gasteiger partial charge in [-0.1, -0.05) is 0 Å². The van der Waals surface area contributed by atoms with Gasteiger partial charge < -0.3 is 15.3 Å². The topological polar surface area (TPSA) is 60.7 Å². The molecule has 0 aliphatic carbocycles. The molecular formula is C11H15ClO3. The van der Waals surface area contributed by atoms with Crippen molar-refractivity contribution in [2.24, 2.45) is 0 Å². The van der Waals surface area contributed by atoms with Crippen molar-refractivity contribution in [3.05, 3.63) is 28.8 Å². The third-order valence-electron chi connectivity index (χ3n) is 2.38. The number of phenolic OH excluding ortho intramolecular Hbond substituents is 1. The second-order valence-electron chi connectivity index (χ2n) is 3.67. The fourth-order valence-corrected chi connectivity index (χ4v) is 1.64. The standard InChI is InChI=1S/C11H15ClO3/c1-6-3-8(4-7(2)10(6)14)11(15)9(13)5-12/h3-4,9,11,13-15H,5H2,1-2H3. The Kier molecular flexibility index (Phi) is 3.97. The lowest BCUT2D eigenvalue weighted by Crippen LogP contribution is -2.19. The van der Waals surface area contributed by atoms with Crippen molar-refractivity contribution in [1.82, 2.24) is 0 Å². The predicted molar refractivity (Wildman–Crippen MR) is 59.3 cm³/mol. The number of halogens is 1. The fourth-order valence-electron chi connectivity index (χ4n) is 1.47. The van der Waals surface area contributed by atoms with Crippen molar-refractivity contribution < 1.29 is 15.3 Å². The summed E-state index contributed by atoms with van der Waals surface area (Å²) in [5.74, 6) is 0.187. The summed E-state index contributed by atoms with van der Waals surface area (Å²) in [5, 5.41) is 28.6. The van der Waals surface area contributed by atoms with E-state index >= 15 is 0 Å². The molecule has 3 N–H and O–H groups in total. The summed E-state index contributed by atoms with van der Waals surface area (Å²) >= 11 is 5.45. The van der Waals surface area contributed by atoms with Crippen LogP contribution in [0.5, 0.6) is 5.75 Å². The molecule has 0 fully saturated rings. The van der Waals surface area contributed by atoms with Crippen LogP contribution < -0.4 is 0 Å². The molecule has 0 amide bonds. The van der Waals surface area contributed by atoms with Crippen LogP contribution >= 0.6 is 11.6 Å². The molecule has 15 heavy (non-hydrogen) atoms. The van der Waals surface area contributed by atoms with Crippen molar-refractivity contribution in [3.63, 3.8) is 0 Å². The van der Waals surface area contributed by atoms with Crippen LogP contribution in [0.15, 0.2) is 12.1 Å². The zero-order chi connectivity index (χ0) is 11.6. The average molecular weight is 231 g/mol. The lowest BCUT2D eigenvalue weighted by Gasteiger charge is -2.17. The molecule has 0 heterocycles. The second kappa shape index (κ2) is 4.84. The van der Waals surface area contributed by atoms with Gasteiger partial charge >= 0.3 is 0 Å². The van der Waals surface area contributed by atoms with Gasteiger partial charge in [-0.05, 0) is 42.7 Å². The Morgan fingerprint density at radius 1 is 1.20 bits per heavy atom. The molecule has 4 heteroatoms. The number of hydrogen-bond acceptors (Lipinski definition) is 3. The van der Waals surface area contributed by atoms with E-state index in [2.05, 4.69) is 0 Å². The number of aryl methyl sites for hydroxylation is 2. The van der Waals surface area contributed by atoms with Gasteiger partial charge in [0.15, 0.2) is 0 Å². The third-order valence-corrected chi connectivity index (χ3v) is 2.69. The molecule has 0 radical (unpaired) electrons. The van der Waals surface area contributed by atoms with E-state index in [1.807, 2.05) is 0 Å². The molecule has 1 aromatic carbocycles. The maximum atomic E-state index is 9.71. The minimum Gasteiger partial charge on any atom is -0.507 e. The summed E-state index contributed by atoms with van der Waals surface area (Å²) in [6, 6.07) is 3.28. The molecular weight excluding hydrogens is 216 g/mol. The van der Waals surface area contributed by atoms with Gasteiger partial charge in [0.2, 0.25) is 0 Å². The van der Waals surface area contributed by atoms with Crippen LogP contribution in [0, 0.1) is 13.8 Å². The smallest absolute Gasteiger partial charge is 0.121 e. The van der Waals surface area contributed by atoms with E-state index in [-0.39, 0.29) is 11.6 Å². The van der Waals surface area contributed by atoms with E-state index < -0.39 is 12.2 Å². The number of rotatable bonds is 3. The Labute approximate surface area is 93.9 Å². The van der Waals surface area contributed by atoms with Gasteiger partial charge in [-0.2, -0.15) is 0 Å². The molecule has 1 rings (SSSR count). The molecule has 0 saturated carbocycles. The fraction of sp³-hybridized carbons (Fsp3) is 0.455. The number of alkyl halides is 1. The quantitative estimate of drug-likeness (QED) is 0.692. The van der Waals surface area contributed by atoms with Crippen molar-refractivity contribution in [2.75, 3.05) is 5.88 Å². The molecule has 0 aliphatic heterocycles. The zero-order valence-electron chi connectivity index (χ0n) is 8.74. The highest BCUT2D eigenvalue weighted by atomic mass is 35.5. The summed E-state index contributed by atoms with van der Waals surface area (Å²) in [6.07, 6.45) is -2.00. The molecule has 2 atom stereocenters. The molecule has 1 aromatic rings. The second-order valence-corrected chi connectivity index (χ2v) is 3.98. The molecule has 0 saturated heterocycles. The highest BCUT2D eigenvalue weighted by molar-refractivity contribution is 6.18. The van der Waals surface area contributed by atoms with Crippen molar-refractivity contribution in [2.45, 2.75) is 26.1 Å². The maximum Gasteiger partial charge on any atom is 0.121 e. The number of aliphatic hydroxyl groups excluding tert-OH is 2. The molecule has 0 bridgehead atoms. The first-order valence-electron chi connectivity index (χ1n) is 4.69. The van der Waals surface area contributed by atoms with Crippen LogP contribution in [0.4, 0.5) is 0 Å². The van der Waals surface area contributed by atoms with Crippen LogP contribution in [0.3, 0.4) is 0 Å². The summed E-state index contributed by atoms with van der Waals surface area (Å²) in [6.45, 7) is 3.48. The van der Waals surface area contributed by atoms with Crippen molar-refractivity contribution in [1.29, 1.82) is 0 Å². The SMILES string of the molecule is Cc1cc(C(O)C(O)CCl)cc(C)c1O. The van der Waals surface area contributed by atoms with Gasteiger partial charge in [0.05, 0.1) is 12.0 Å². The maximum absolute atomic E-state index is 9.71. The van der Waals surface area contributed by atoms with Gasteiger partial charge in [0.25, 0.3) is 0 Å². The van der Waals surface area contributed by atoms with Crippen LogP contribution in [-0.4, -0.2) is 27.3 Å². The van der Waals surface area contributed by atoms with E-state index in [1.54, 1.807) is 26.0 Å². The Balaban J connectivity index is 3.06. The molecule has 0 aliphatic rings. The van der Waals surface area contributed by atoms with E-state index in [0.717, 1.165) is 0 Å². The number of phenols is 1. The van der Waals surface area contributed by atoms with Crippen molar-refractivity contribution in [3.8, 4) is 5.75 Å². The van der Waals surface area contributed by atoms with E-state index in [0.29, 0.717) is 16.7 Å². The Morgan fingerprint density at radius 3 is 2.07 bits per heavy atom. The molecule has 0 aromatic heterocycles. The van der Waals surface area contributed by atoms with E-state index in [4.69, 9.17) is 11.6 Å². The minimum absolute atomic E-state index is 0.0276. The zero-order valence-corrected chi connectivity index (χ0v) is 9.49. The normalized spacial score (nSPS) is 15.0. The van der Waals surface area contributed by atoms with Crippen LogP contribution in [0.2, 0.25) is 0 Å². The first-order chi connectivity index (χ1) is 6.97. The van der Waals surface area contributed by atoms with Gasteiger partial charge in [-0.25, -0.2) is 0 Å². The number of aliphatic hydroxyl groups is 2. The number of benzene rings is 1. The number of aromatic hydroxyl groups is 1.